The molecule has 1 aromatic heterocycles. The Morgan fingerprint density at radius 1 is 1.21 bits per heavy atom. The predicted octanol–water partition coefficient (Wildman–Crippen LogP) is 0.974. The number of carbonyl (C=O) groups is 2. The van der Waals surface area contributed by atoms with Crippen molar-refractivity contribution in [2.75, 3.05) is 13.1 Å². The van der Waals surface area contributed by atoms with Gasteiger partial charge in [-0.3, -0.25) is 9.59 Å². The first kappa shape index (κ1) is 15.6. The standard InChI is InChI=1S/C17H25N5O2/c1-2-14-18-19-15-11-20(7-8-21(14)15)17(24)12-9-16(23)22(10-12)13-5-3-4-6-13/h12-13H,2-11H2,1H3/t12-/m1/s1. The zero-order chi connectivity index (χ0) is 16.7. The summed E-state index contributed by atoms with van der Waals surface area (Å²) >= 11 is 0. The average Bonchev–Trinajstić information content (AvgIpc) is 3.32. The first-order valence-corrected chi connectivity index (χ1v) is 9.16. The fourth-order valence-corrected chi connectivity index (χ4v) is 4.39. The van der Waals surface area contributed by atoms with Crippen LogP contribution in [0.3, 0.4) is 0 Å². The number of hydrogen-bond acceptors (Lipinski definition) is 4. The molecule has 1 saturated carbocycles. The van der Waals surface area contributed by atoms with E-state index in [4.69, 9.17) is 0 Å². The molecule has 1 saturated heterocycles. The van der Waals surface area contributed by atoms with Crippen molar-refractivity contribution in [3.8, 4) is 0 Å². The minimum atomic E-state index is -0.182. The normalized spacial score (nSPS) is 24.7. The van der Waals surface area contributed by atoms with Crippen LogP contribution in [0.4, 0.5) is 0 Å². The minimum absolute atomic E-state index is 0.108. The van der Waals surface area contributed by atoms with Gasteiger partial charge in [-0.2, -0.15) is 0 Å². The van der Waals surface area contributed by atoms with E-state index in [0.717, 1.165) is 37.5 Å². The van der Waals surface area contributed by atoms with Crippen molar-refractivity contribution < 1.29 is 9.59 Å². The number of likely N-dealkylation sites (tertiary alicyclic amines) is 1. The monoisotopic (exact) mass is 331 g/mol. The Balaban J connectivity index is 1.42. The quantitative estimate of drug-likeness (QED) is 0.827. The Morgan fingerprint density at radius 2 is 2.00 bits per heavy atom. The Morgan fingerprint density at radius 3 is 2.75 bits per heavy atom. The lowest BCUT2D eigenvalue weighted by Crippen LogP contribution is -2.43. The zero-order valence-electron chi connectivity index (χ0n) is 14.3. The second kappa shape index (κ2) is 6.18. The Kier molecular flexibility index (Phi) is 4.02. The van der Waals surface area contributed by atoms with Gasteiger partial charge in [-0.15, -0.1) is 10.2 Å². The van der Waals surface area contributed by atoms with Gasteiger partial charge in [0, 0.05) is 38.5 Å². The third kappa shape index (κ3) is 2.59. The molecule has 1 aliphatic carbocycles. The summed E-state index contributed by atoms with van der Waals surface area (Å²) in [5.74, 6) is 1.94. The third-order valence-electron chi connectivity index (χ3n) is 5.73. The van der Waals surface area contributed by atoms with E-state index < -0.39 is 0 Å². The Labute approximate surface area is 142 Å². The molecule has 0 aromatic carbocycles. The summed E-state index contributed by atoms with van der Waals surface area (Å²) in [7, 11) is 0. The summed E-state index contributed by atoms with van der Waals surface area (Å²) in [4.78, 5) is 29.0. The summed E-state index contributed by atoms with van der Waals surface area (Å²) in [5.41, 5.74) is 0. The highest BCUT2D eigenvalue weighted by Gasteiger charge is 2.40. The van der Waals surface area contributed by atoms with Gasteiger partial charge in [0.2, 0.25) is 11.8 Å². The third-order valence-corrected chi connectivity index (χ3v) is 5.73. The molecule has 1 atom stereocenters. The number of hydrogen-bond donors (Lipinski definition) is 0. The number of aromatic nitrogens is 3. The van der Waals surface area contributed by atoms with E-state index in [9.17, 15) is 9.59 Å². The largest absolute Gasteiger partial charge is 0.339 e. The van der Waals surface area contributed by atoms with E-state index in [0.29, 0.717) is 32.1 Å². The van der Waals surface area contributed by atoms with Crippen LogP contribution in [0.25, 0.3) is 0 Å². The van der Waals surface area contributed by atoms with Gasteiger partial charge in [0.25, 0.3) is 0 Å². The molecule has 7 nitrogen and oxygen atoms in total. The van der Waals surface area contributed by atoms with Gasteiger partial charge in [-0.25, -0.2) is 0 Å². The smallest absolute Gasteiger partial charge is 0.228 e. The lowest BCUT2D eigenvalue weighted by Gasteiger charge is -2.30. The topological polar surface area (TPSA) is 71.3 Å². The molecule has 2 amide bonds. The maximum absolute atomic E-state index is 12.9. The SMILES string of the molecule is CCc1nnc2n1CCN(C(=O)[C@@H]1CC(=O)N(C3CCCC3)C1)C2. The lowest BCUT2D eigenvalue weighted by atomic mass is 10.1. The van der Waals surface area contributed by atoms with Gasteiger partial charge in [-0.05, 0) is 12.8 Å². The molecule has 2 fully saturated rings. The highest BCUT2D eigenvalue weighted by molar-refractivity contribution is 5.89. The van der Waals surface area contributed by atoms with Crippen LogP contribution >= 0.6 is 0 Å². The Bertz CT molecular complexity index is 649. The second-order valence-corrected chi connectivity index (χ2v) is 7.18. The van der Waals surface area contributed by atoms with Crippen molar-refractivity contribution in [1.82, 2.24) is 24.6 Å². The van der Waals surface area contributed by atoms with Crippen LogP contribution in [0.5, 0.6) is 0 Å². The summed E-state index contributed by atoms with van der Waals surface area (Å²) in [5, 5.41) is 8.42. The average molecular weight is 331 g/mol. The molecule has 0 spiro atoms. The molecule has 0 N–H and O–H groups in total. The first-order valence-electron chi connectivity index (χ1n) is 9.16. The highest BCUT2D eigenvalue weighted by atomic mass is 16.2. The molecule has 24 heavy (non-hydrogen) atoms. The molecule has 3 aliphatic rings. The van der Waals surface area contributed by atoms with Crippen molar-refractivity contribution in [1.29, 1.82) is 0 Å². The van der Waals surface area contributed by atoms with E-state index in [-0.39, 0.29) is 17.7 Å². The number of fused-ring (bicyclic) bond motifs is 1. The van der Waals surface area contributed by atoms with E-state index in [1.54, 1.807) is 0 Å². The summed E-state index contributed by atoms with van der Waals surface area (Å²) in [6, 6.07) is 0.367. The van der Waals surface area contributed by atoms with Crippen LogP contribution in [-0.4, -0.2) is 55.5 Å². The fourth-order valence-electron chi connectivity index (χ4n) is 4.39. The number of rotatable bonds is 3. The van der Waals surface area contributed by atoms with E-state index in [1.807, 2.05) is 9.80 Å². The number of nitrogens with zero attached hydrogens (tertiary/aromatic N) is 5. The van der Waals surface area contributed by atoms with Crippen molar-refractivity contribution in [2.24, 2.45) is 5.92 Å². The predicted molar refractivity (Wildman–Crippen MR) is 86.9 cm³/mol. The molecular weight excluding hydrogens is 306 g/mol. The molecule has 1 aromatic rings. The zero-order valence-corrected chi connectivity index (χ0v) is 14.3. The van der Waals surface area contributed by atoms with Crippen LogP contribution in [0.1, 0.15) is 50.7 Å². The summed E-state index contributed by atoms with van der Waals surface area (Å²) in [6.45, 7) is 4.62. The molecule has 7 heteroatoms. The van der Waals surface area contributed by atoms with Crippen molar-refractivity contribution in [2.45, 2.75) is 64.6 Å². The molecule has 0 radical (unpaired) electrons. The van der Waals surface area contributed by atoms with Crippen LogP contribution in [0.15, 0.2) is 0 Å². The van der Waals surface area contributed by atoms with E-state index in [2.05, 4.69) is 21.7 Å². The molecule has 3 heterocycles. The molecular formula is C17H25N5O2. The molecule has 130 valence electrons. The van der Waals surface area contributed by atoms with Crippen LogP contribution in [-0.2, 0) is 29.1 Å². The molecule has 0 bridgehead atoms. The first-order chi connectivity index (χ1) is 11.7. The van der Waals surface area contributed by atoms with Gasteiger partial charge >= 0.3 is 0 Å². The van der Waals surface area contributed by atoms with Crippen LogP contribution in [0, 0.1) is 5.92 Å². The number of aryl methyl sites for hydroxylation is 1. The van der Waals surface area contributed by atoms with E-state index in [1.165, 1.54) is 12.8 Å². The van der Waals surface area contributed by atoms with Gasteiger partial charge in [0.05, 0.1) is 12.5 Å². The highest BCUT2D eigenvalue weighted by Crippen LogP contribution is 2.30. The van der Waals surface area contributed by atoms with Crippen LogP contribution < -0.4 is 0 Å². The van der Waals surface area contributed by atoms with Crippen LogP contribution in [0.2, 0.25) is 0 Å². The molecule has 2 aliphatic heterocycles. The number of amides is 2. The minimum Gasteiger partial charge on any atom is -0.339 e. The summed E-state index contributed by atoms with van der Waals surface area (Å²) < 4.78 is 2.12. The van der Waals surface area contributed by atoms with Crippen molar-refractivity contribution >= 4 is 11.8 Å². The van der Waals surface area contributed by atoms with Crippen molar-refractivity contribution in [3.63, 3.8) is 0 Å². The van der Waals surface area contributed by atoms with Gasteiger partial charge in [-0.1, -0.05) is 19.8 Å². The second-order valence-electron chi connectivity index (χ2n) is 7.18. The van der Waals surface area contributed by atoms with Crippen molar-refractivity contribution in [3.05, 3.63) is 11.6 Å². The maximum atomic E-state index is 12.9. The molecule has 0 unspecified atom stereocenters. The lowest BCUT2D eigenvalue weighted by molar-refractivity contribution is -0.137. The van der Waals surface area contributed by atoms with Gasteiger partial charge < -0.3 is 14.4 Å². The van der Waals surface area contributed by atoms with E-state index >= 15 is 0 Å². The molecule has 4 rings (SSSR count). The van der Waals surface area contributed by atoms with Gasteiger partial charge in [0.15, 0.2) is 5.82 Å². The van der Waals surface area contributed by atoms with Gasteiger partial charge in [0.1, 0.15) is 5.82 Å². The maximum Gasteiger partial charge on any atom is 0.228 e. The fraction of sp³-hybridized carbons (Fsp3) is 0.765. The Hall–Kier alpha value is -1.92. The summed E-state index contributed by atoms with van der Waals surface area (Å²) in [6.07, 6.45) is 5.83. The number of carbonyl (C=O) groups excluding carboxylic acids is 2.